The van der Waals surface area contributed by atoms with E-state index in [1.165, 1.54) is 16.2 Å². The molecule has 1 aliphatic heterocycles. The molecule has 0 radical (unpaired) electrons. The first-order valence-corrected chi connectivity index (χ1v) is 10.9. The molecule has 3 aromatic rings. The normalized spacial score (nSPS) is 17.8. The van der Waals surface area contributed by atoms with Gasteiger partial charge < -0.3 is 14.6 Å². The Bertz CT molecular complexity index is 1150. The Morgan fingerprint density at radius 2 is 1.72 bits per heavy atom. The van der Waals surface area contributed by atoms with E-state index >= 15 is 0 Å². The number of methoxy groups -OCH3 is 1. The number of aromatic nitrogens is 1. The van der Waals surface area contributed by atoms with Crippen molar-refractivity contribution in [1.82, 2.24) is 4.98 Å². The molecular formula is C24H22N2O5S. The zero-order valence-electron chi connectivity index (χ0n) is 17.8. The lowest BCUT2D eigenvalue weighted by molar-refractivity contribution is -0.132. The minimum absolute atomic E-state index is 0.00731. The van der Waals surface area contributed by atoms with E-state index in [1.807, 2.05) is 13.8 Å². The number of carbonyl (C=O) groups excluding carboxylic acids is 2. The van der Waals surface area contributed by atoms with E-state index in [0.717, 1.165) is 0 Å². The number of aliphatic hydroxyl groups excluding tert-OH is 1. The number of aliphatic hydroxyl groups is 1. The molecule has 0 aliphatic carbocycles. The van der Waals surface area contributed by atoms with Crippen molar-refractivity contribution in [3.8, 4) is 11.5 Å². The Kier molecular flexibility index (Phi) is 5.96. The molecule has 1 unspecified atom stereocenters. The lowest BCUT2D eigenvalue weighted by Gasteiger charge is -2.23. The topological polar surface area (TPSA) is 89.0 Å². The monoisotopic (exact) mass is 450 g/mol. The van der Waals surface area contributed by atoms with Gasteiger partial charge in [-0.3, -0.25) is 14.5 Å². The Morgan fingerprint density at radius 3 is 2.28 bits per heavy atom. The van der Waals surface area contributed by atoms with Crippen LogP contribution in [0, 0.1) is 0 Å². The van der Waals surface area contributed by atoms with E-state index in [0.29, 0.717) is 27.8 Å². The fourth-order valence-corrected chi connectivity index (χ4v) is 4.25. The zero-order valence-corrected chi connectivity index (χ0v) is 18.6. The van der Waals surface area contributed by atoms with Crippen molar-refractivity contribution >= 4 is 33.9 Å². The first-order valence-electron chi connectivity index (χ1n) is 10.0. The smallest absolute Gasteiger partial charge is 0.301 e. The lowest BCUT2D eigenvalue weighted by atomic mass is 9.95. The minimum Gasteiger partial charge on any atom is -0.507 e. The fraction of sp³-hybridized carbons (Fsp3) is 0.208. The SMILES string of the molecule is COc1ccc(C2/C(=C(/O)c3ccc(OC(C)C)cc3)C(=O)C(=O)N2c2nccs2)cc1. The average molecular weight is 451 g/mol. The van der Waals surface area contributed by atoms with Gasteiger partial charge in [0, 0.05) is 17.1 Å². The second-order valence-electron chi connectivity index (χ2n) is 7.45. The van der Waals surface area contributed by atoms with Crippen LogP contribution in [-0.2, 0) is 9.59 Å². The van der Waals surface area contributed by atoms with Crippen LogP contribution in [0.4, 0.5) is 5.13 Å². The second-order valence-corrected chi connectivity index (χ2v) is 8.32. The second kappa shape index (κ2) is 8.84. The Hall–Kier alpha value is -3.65. The molecule has 164 valence electrons. The molecule has 8 heteroatoms. The van der Waals surface area contributed by atoms with Gasteiger partial charge in [0.25, 0.3) is 5.78 Å². The Labute approximate surface area is 189 Å². The van der Waals surface area contributed by atoms with E-state index < -0.39 is 17.7 Å². The molecule has 2 aromatic carbocycles. The van der Waals surface area contributed by atoms with E-state index in [9.17, 15) is 14.7 Å². The lowest BCUT2D eigenvalue weighted by Crippen LogP contribution is -2.29. The van der Waals surface area contributed by atoms with Crippen LogP contribution < -0.4 is 14.4 Å². The van der Waals surface area contributed by atoms with Gasteiger partial charge in [-0.05, 0) is 55.8 Å². The van der Waals surface area contributed by atoms with Crippen LogP contribution in [0.3, 0.4) is 0 Å². The number of anilines is 1. The van der Waals surface area contributed by atoms with Crippen molar-refractivity contribution in [2.45, 2.75) is 26.0 Å². The third-order valence-electron chi connectivity index (χ3n) is 5.00. The third-order valence-corrected chi connectivity index (χ3v) is 5.77. The van der Waals surface area contributed by atoms with Crippen molar-refractivity contribution < 1.29 is 24.2 Å². The highest BCUT2D eigenvalue weighted by molar-refractivity contribution is 7.14. The molecule has 4 rings (SSSR count). The summed E-state index contributed by atoms with van der Waals surface area (Å²) in [5, 5.41) is 13.2. The molecule has 1 aliphatic rings. The van der Waals surface area contributed by atoms with Gasteiger partial charge in [0.1, 0.15) is 17.3 Å². The maximum Gasteiger partial charge on any atom is 0.301 e. The number of hydrogen-bond donors (Lipinski definition) is 1. The molecule has 0 spiro atoms. The fourth-order valence-electron chi connectivity index (χ4n) is 3.59. The summed E-state index contributed by atoms with van der Waals surface area (Å²) in [6, 6.07) is 13.0. The Balaban J connectivity index is 1.83. The van der Waals surface area contributed by atoms with Gasteiger partial charge >= 0.3 is 5.91 Å². The van der Waals surface area contributed by atoms with Crippen molar-refractivity contribution in [3.63, 3.8) is 0 Å². The Morgan fingerprint density at radius 1 is 1.06 bits per heavy atom. The quantitative estimate of drug-likeness (QED) is 0.336. The summed E-state index contributed by atoms with van der Waals surface area (Å²) in [5.74, 6) is -0.463. The van der Waals surface area contributed by atoms with Gasteiger partial charge in [-0.1, -0.05) is 12.1 Å². The number of benzene rings is 2. The predicted molar refractivity (Wildman–Crippen MR) is 122 cm³/mol. The maximum absolute atomic E-state index is 13.1. The summed E-state index contributed by atoms with van der Waals surface area (Å²) in [6.45, 7) is 3.84. The standard InChI is InChI=1S/C24H22N2O5S/c1-14(2)31-18-10-6-16(7-11-18)21(27)19-20(15-4-8-17(30-3)9-5-15)26(23(29)22(19)28)24-25-12-13-32-24/h4-14,20,27H,1-3H3/b21-19-. The molecule has 32 heavy (non-hydrogen) atoms. The van der Waals surface area contributed by atoms with Crippen molar-refractivity contribution in [2.75, 3.05) is 12.0 Å². The molecule has 1 amide bonds. The van der Waals surface area contributed by atoms with E-state index in [2.05, 4.69) is 4.98 Å². The van der Waals surface area contributed by atoms with Crippen LogP contribution in [0.25, 0.3) is 5.76 Å². The highest BCUT2D eigenvalue weighted by atomic mass is 32.1. The molecular weight excluding hydrogens is 428 g/mol. The number of rotatable bonds is 6. The largest absolute Gasteiger partial charge is 0.507 e. The first-order chi connectivity index (χ1) is 15.4. The van der Waals surface area contributed by atoms with Gasteiger partial charge in [0.15, 0.2) is 5.13 Å². The van der Waals surface area contributed by atoms with Crippen LogP contribution in [0.15, 0.2) is 65.7 Å². The summed E-state index contributed by atoms with van der Waals surface area (Å²) < 4.78 is 10.9. The highest BCUT2D eigenvalue weighted by Crippen LogP contribution is 2.43. The molecule has 7 nitrogen and oxygen atoms in total. The van der Waals surface area contributed by atoms with Crippen molar-refractivity contribution in [1.29, 1.82) is 0 Å². The van der Waals surface area contributed by atoms with Crippen molar-refractivity contribution in [2.24, 2.45) is 0 Å². The molecule has 0 saturated carbocycles. The number of ether oxygens (including phenoxy) is 2. The zero-order chi connectivity index (χ0) is 22.8. The number of carbonyl (C=O) groups is 2. The summed E-state index contributed by atoms with van der Waals surface area (Å²) in [7, 11) is 1.56. The van der Waals surface area contributed by atoms with E-state index in [-0.39, 0.29) is 17.4 Å². The van der Waals surface area contributed by atoms with E-state index in [1.54, 1.807) is 67.2 Å². The summed E-state index contributed by atoms with van der Waals surface area (Å²) in [5.41, 5.74) is 1.08. The minimum atomic E-state index is -0.821. The summed E-state index contributed by atoms with van der Waals surface area (Å²) >= 11 is 1.25. The third kappa shape index (κ3) is 3.97. The number of thiazole rings is 1. The van der Waals surface area contributed by atoms with Gasteiger partial charge in [-0.15, -0.1) is 11.3 Å². The first kappa shape index (κ1) is 21.6. The number of amides is 1. The molecule has 1 saturated heterocycles. The van der Waals surface area contributed by atoms with Gasteiger partial charge in [0.2, 0.25) is 0 Å². The summed E-state index contributed by atoms with van der Waals surface area (Å²) in [6.07, 6.45) is 1.57. The van der Waals surface area contributed by atoms with Gasteiger partial charge in [0.05, 0.1) is 24.8 Å². The number of nitrogens with zero attached hydrogens (tertiary/aromatic N) is 2. The van der Waals surface area contributed by atoms with Crippen LogP contribution in [-0.4, -0.2) is 35.0 Å². The van der Waals surface area contributed by atoms with Crippen LogP contribution in [0.1, 0.15) is 31.0 Å². The highest BCUT2D eigenvalue weighted by Gasteiger charge is 2.47. The van der Waals surface area contributed by atoms with Crippen LogP contribution >= 0.6 is 11.3 Å². The molecule has 1 aromatic heterocycles. The van der Waals surface area contributed by atoms with Crippen LogP contribution in [0.5, 0.6) is 11.5 Å². The van der Waals surface area contributed by atoms with Gasteiger partial charge in [-0.2, -0.15) is 0 Å². The van der Waals surface area contributed by atoms with Crippen LogP contribution in [0.2, 0.25) is 0 Å². The summed E-state index contributed by atoms with van der Waals surface area (Å²) in [4.78, 5) is 31.6. The number of Topliss-reactive ketones (excluding diaryl/α,β-unsaturated/α-hetero) is 1. The molecule has 2 heterocycles. The van der Waals surface area contributed by atoms with E-state index in [4.69, 9.17) is 9.47 Å². The molecule has 1 N–H and O–H groups in total. The molecule has 1 atom stereocenters. The number of ketones is 1. The maximum atomic E-state index is 13.1. The number of hydrogen-bond acceptors (Lipinski definition) is 7. The van der Waals surface area contributed by atoms with Crippen molar-refractivity contribution in [3.05, 3.63) is 76.8 Å². The van der Waals surface area contributed by atoms with Gasteiger partial charge in [-0.25, -0.2) is 4.98 Å². The molecule has 1 fully saturated rings. The average Bonchev–Trinajstić information content (AvgIpc) is 3.40. The predicted octanol–water partition coefficient (Wildman–Crippen LogP) is 4.57. The molecule has 0 bridgehead atoms.